The summed E-state index contributed by atoms with van der Waals surface area (Å²) in [6.45, 7) is 0. The summed E-state index contributed by atoms with van der Waals surface area (Å²) in [5.41, 5.74) is 0. The van der Waals surface area contributed by atoms with Gasteiger partial charge in [0, 0.05) is 6.42 Å². The second kappa shape index (κ2) is 4.61. The lowest BCUT2D eigenvalue weighted by Gasteiger charge is -2.28. The summed E-state index contributed by atoms with van der Waals surface area (Å²) in [6.07, 6.45) is -15.0. The van der Waals surface area contributed by atoms with Gasteiger partial charge in [0.05, 0.1) is 3.92 Å². The molecule has 0 rings (SSSR count). The molecule has 0 N–H and O–H groups in total. The van der Waals surface area contributed by atoms with E-state index in [1.807, 2.05) is 0 Å². The quantitative estimate of drug-likeness (QED) is 0.375. The number of rotatable bonds is 3. The van der Waals surface area contributed by atoms with E-state index in [1.54, 1.807) is 0 Å². The van der Waals surface area contributed by atoms with Crippen molar-refractivity contribution in [1.82, 2.24) is 0 Å². The van der Waals surface area contributed by atoms with Crippen molar-refractivity contribution in [3.05, 3.63) is 0 Å². The summed E-state index contributed by atoms with van der Waals surface area (Å²) in [4.78, 5) is 0. The van der Waals surface area contributed by atoms with Crippen molar-refractivity contribution in [2.24, 2.45) is 0 Å². The smallest absolute Gasteiger partial charge is 0.196 e. The molecular formula is C6H3F10I. The first-order valence-corrected chi connectivity index (χ1v) is 4.90. The molecule has 17 heavy (non-hydrogen) atoms. The number of hydrogen-bond donors (Lipinski definition) is 0. The van der Waals surface area contributed by atoms with Gasteiger partial charge in [0.1, 0.15) is 0 Å². The van der Waals surface area contributed by atoms with Gasteiger partial charge < -0.3 is 0 Å². The Bertz CT molecular complexity index is 263. The van der Waals surface area contributed by atoms with Crippen molar-refractivity contribution >= 4 is 22.6 Å². The first kappa shape index (κ1) is 17.0. The fourth-order valence-corrected chi connectivity index (χ4v) is 1.55. The van der Waals surface area contributed by atoms with Gasteiger partial charge >= 0.3 is 24.2 Å². The number of alkyl halides is 11. The maximum absolute atomic E-state index is 12.4. The van der Waals surface area contributed by atoms with Crippen molar-refractivity contribution in [3.8, 4) is 0 Å². The molecule has 0 aromatic heterocycles. The van der Waals surface area contributed by atoms with Crippen LogP contribution in [0.2, 0.25) is 0 Å². The van der Waals surface area contributed by atoms with Crippen LogP contribution in [0, 0.1) is 0 Å². The zero-order valence-electron chi connectivity index (χ0n) is 7.44. The molecule has 0 heterocycles. The Hall–Kier alpha value is 0.0300. The molecule has 0 amide bonds. The molecule has 0 radical (unpaired) electrons. The van der Waals surface area contributed by atoms with Crippen molar-refractivity contribution in [1.29, 1.82) is 0 Å². The van der Waals surface area contributed by atoms with Crippen molar-refractivity contribution in [2.75, 3.05) is 0 Å². The van der Waals surface area contributed by atoms with E-state index in [9.17, 15) is 43.9 Å². The van der Waals surface area contributed by atoms with Gasteiger partial charge in [0.2, 0.25) is 0 Å². The third kappa shape index (κ3) is 3.74. The van der Waals surface area contributed by atoms with Crippen LogP contribution in [0.3, 0.4) is 0 Å². The maximum Gasteiger partial charge on any atom is 0.454 e. The fourth-order valence-electron chi connectivity index (χ4n) is 0.647. The molecule has 0 bridgehead atoms. The summed E-state index contributed by atoms with van der Waals surface area (Å²) in [6, 6.07) is 0. The molecule has 0 aromatic carbocycles. The van der Waals surface area contributed by atoms with E-state index in [0.717, 1.165) is 0 Å². The lowest BCUT2D eigenvalue weighted by atomic mass is 10.1. The topological polar surface area (TPSA) is 0 Å². The van der Waals surface area contributed by atoms with E-state index in [1.165, 1.54) is 0 Å². The maximum atomic E-state index is 12.4. The van der Waals surface area contributed by atoms with Crippen molar-refractivity contribution in [3.63, 3.8) is 0 Å². The standard InChI is InChI=1S/C6H3F10I/c7-3(8,5(11,12)13)1-2(17)4(9,10)6(14,15)16/h2H,1H2. The minimum absolute atomic E-state index is 0.225. The molecular weight excluding hydrogens is 389 g/mol. The van der Waals surface area contributed by atoms with Crippen LogP contribution in [0.25, 0.3) is 0 Å². The van der Waals surface area contributed by atoms with Gasteiger partial charge in [0.15, 0.2) is 0 Å². The van der Waals surface area contributed by atoms with E-state index in [4.69, 9.17) is 0 Å². The van der Waals surface area contributed by atoms with E-state index >= 15 is 0 Å². The van der Waals surface area contributed by atoms with Crippen LogP contribution in [-0.2, 0) is 0 Å². The van der Waals surface area contributed by atoms with Crippen LogP contribution >= 0.6 is 22.6 Å². The molecule has 0 aromatic rings. The molecule has 0 saturated carbocycles. The van der Waals surface area contributed by atoms with Crippen molar-refractivity contribution < 1.29 is 43.9 Å². The Morgan fingerprint density at radius 3 is 1.29 bits per heavy atom. The highest BCUT2D eigenvalue weighted by molar-refractivity contribution is 14.1. The highest BCUT2D eigenvalue weighted by Crippen LogP contribution is 2.48. The fraction of sp³-hybridized carbons (Fsp3) is 1.00. The Labute approximate surface area is 101 Å². The van der Waals surface area contributed by atoms with Crippen LogP contribution in [-0.4, -0.2) is 28.1 Å². The first-order valence-electron chi connectivity index (χ1n) is 3.66. The summed E-state index contributed by atoms with van der Waals surface area (Å²) >= 11 is 0.225. The number of halogens is 11. The molecule has 0 saturated heterocycles. The monoisotopic (exact) mass is 392 g/mol. The van der Waals surface area contributed by atoms with E-state index in [2.05, 4.69) is 0 Å². The third-order valence-electron chi connectivity index (χ3n) is 1.62. The predicted octanol–water partition coefficient (Wildman–Crippen LogP) is 4.58. The molecule has 0 aliphatic heterocycles. The molecule has 0 spiro atoms. The lowest BCUT2D eigenvalue weighted by molar-refractivity contribution is -0.305. The predicted molar refractivity (Wildman–Crippen MR) is 44.4 cm³/mol. The van der Waals surface area contributed by atoms with E-state index in [0.29, 0.717) is 0 Å². The molecule has 11 heteroatoms. The SMILES string of the molecule is FC(F)(F)C(F)(F)CC(I)C(F)(F)C(F)(F)F. The second-order valence-corrected chi connectivity index (χ2v) is 4.50. The Balaban J connectivity index is 4.95. The van der Waals surface area contributed by atoms with Gasteiger partial charge in [-0.3, -0.25) is 0 Å². The van der Waals surface area contributed by atoms with Gasteiger partial charge in [-0.2, -0.15) is 43.9 Å². The summed E-state index contributed by atoms with van der Waals surface area (Å²) in [7, 11) is 0. The van der Waals surface area contributed by atoms with E-state index in [-0.39, 0.29) is 22.6 Å². The van der Waals surface area contributed by atoms with Gasteiger partial charge in [-0.15, -0.1) is 0 Å². The molecule has 0 fully saturated rings. The molecule has 1 atom stereocenters. The second-order valence-electron chi connectivity index (χ2n) is 2.99. The highest BCUT2D eigenvalue weighted by atomic mass is 127. The largest absolute Gasteiger partial charge is 0.454 e. The van der Waals surface area contributed by atoms with Crippen LogP contribution in [0.1, 0.15) is 6.42 Å². The average molecular weight is 392 g/mol. The van der Waals surface area contributed by atoms with Crippen molar-refractivity contribution in [2.45, 2.75) is 34.5 Å². The summed E-state index contributed by atoms with van der Waals surface area (Å²) in [5, 5.41) is 0. The van der Waals surface area contributed by atoms with Gasteiger partial charge in [-0.1, -0.05) is 22.6 Å². The third-order valence-corrected chi connectivity index (χ3v) is 2.84. The Kier molecular flexibility index (Phi) is 4.62. The number of hydrogen-bond acceptors (Lipinski definition) is 0. The normalized spacial score (nSPS) is 17.1. The van der Waals surface area contributed by atoms with Crippen LogP contribution in [0.15, 0.2) is 0 Å². The molecule has 0 nitrogen and oxygen atoms in total. The zero-order chi connectivity index (χ0) is 14.3. The first-order chi connectivity index (χ1) is 7.13. The molecule has 0 aliphatic rings. The Morgan fingerprint density at radius 2 is 1.06 bits per heavy atom. The van der Waals surface area contributed by atoms with Gasteiger partial charge in [-0.25, -0.2) is 0 Å². The lowest BCUT2D eigenvalue weighted by Crippen LogP contribution is -2.49. The minimum atomic E-state index is -6.18. The summed E-state index contributed by atoms with van der Waals surface area (Å²) < 4.78 is 116. The molecule has 1 unspecified atom stereocenters. The van der Waals surface area contributed by atoms with E-state index < -0.39 is 34.5 Å². The molecule has 0 aliphatic carbocycles. The van der Waals surface area contributed by atoms with Gasteiger partial charge in [-0.05, 0) is 0 Å². The minimum Gasteiger partial charge on any atom is -0.196 e. The van der Waals surface area contributed by atoms with Crippen LogP contribution in [0.4, 0.5) is 43.9 Å². The zero-order valence-corrected chi connectivity index (χ0v) is 9.60. The van der Waals surface area contributed by atoms with Crippen LogP contribution in [0.5, 0.6) is 0 Å². The average Bonchev–Trinajstić information content (AvgIpc) is 1.98. The molecule has 104 valence electrons. The highest BCUT2D eigenvalue weighted by Gasteiger charge is 2.66. The van der Waals surface area contributed by atoms with Crippen LogP contribution < -0.4 is 0 Å². The Morgan fingerprint density at radius 1 is 0.706 bits per heavy atom. The summed E-state index contributed by atoms with van der Waals surface area (Å²) in [5.74, 6) is -11.2. The van der Waals surface area contributed by atoms with Gasteiger partial charge in [0.25, 0.3) is 0 Å².